The normalized spacial score (nSPS) is 11.3. The summed E-state index contributed by atoms with van der Waals surface area (Å²) in [5.74, 6) is -0.342. The van der Waals surface area contributed by atoms with Crippen molar-refractivity contribution in [3.8, 4) is 0 Å². The highest BCUT2D eigenvalue weighted by molar-refractivity contribution is 5.96. The Kier molecular flexibility index (Phi) is 8.16. The van der Waals surface area contributed by atoms with E-state index in [1.807, 2.05) is 13.0 Å². The van der Waals surface area contributed by atoms with Gasteiger partial charge in [-0.3, -0.25) is 19.4 Å². The van der Waals surface area contributed by atoms with Crippen molar-refractivity contribution in [2.45, 2.75) is 58.9 Å². The van der Waals surface area contributed by atoms with Crippen LogP contribution in [-0.4, -0.2) is 40.1 Å². The third kappa shape index (κ3) is 5.07. The second-order valence-corrected chi connectivity index (χ2v) is 8.11. The fourth-order valence-corrected chi connectivity index (χ4v) is 3.87. The van der Waals surface area contributed by atoms with Gasteiger partial charge in [-0.15, -0.1) is 0 Å². The Balaban J connectivity index is 1.96. The number of aryl methyl sites for hydroxylation is 1. The van der Waals surface area contributed by atoms with Gasteiger partial charge in [0.2, 0.25) is 0 Å². The molecule has 0 spiro atoms. The van der Waals surface area contributed by atoms with E-state index in [9.17, 15) is 9.59 Å². The van der Waals surface area contributed by atoms with Crippen molar-refractivity contribution in [2.75, 3.05) is 20.3 Å². The summed E-state index contributed by atoms with van der Waals surface area (Å²) in [6, 6.07) is 5.18. The minimum atomic E-state index is -0.342. The maximum Gasteiger partial charge on any atom is 0.267 e. The monoisotopic (exact) mass is 439 g/mol. The van der Waals surface area contributed by atoms with Gasteiger partial charge in [0.15, 0.2) is 0 Å². The van der Waals surface area contributed by atoms with E-state index < -0.39 is 0 Å². The average Bonchev–Trinajstić information content (AvgIpc) is 2.78. The van der Waals surface area contributed by atoms with Gasteiger partial charge in [0.05, 0.1) is 17.6 Å². The van der Waals surface area contributed by atoms with Crippen LogP contribution in [0.4, 0.5) is 0 Å². The minimum Gasteiger partial charge on any atom is -0.383 e. The summed E-state index contributed by atoms with van der Waals surface area (Å²) in [5.41, 5.74) is 1.72. The first-order valence-electron chi connectivity index (χ1n) is 11.4. The lowest BCUT2D eigenvalue weighted by Gasteiger charge is -2.15. The van der Waals surface area contributed by atoms with E-state index in [-0.39, 0.29) is 22.5 Å². The van der Waals surface area contributed by atoms with E-state index in [1.165, 1.54) is 29.7 Å². The highest BCUT2D eigenvalue weighted by Gasteiger charge is 2.17. The van der Waals surface area contributed by atoms with Crippen molar-refractivity contribution in [3.05, 3.63) is 51.4 Å². The molecule has 0 saturated heterocycles. The number of hydrogen-bond donors (Lipinski definition) is 2. The number of fused-ring (bicyclic) bond motifs is 2. The third-order valence-corrected chi connectivity index (χ3v) is 5.71. The van der Waals surface area contributed by atoms with Crippen LogP contribution in [0.25, 0.3) is 16.7 Å². The van der Waals surface area contributed by atoms with Gasteiger partial charge in [-0.05, 0) is 31.0 Å². The van der Waals surface area contributed by atoms with E-state index in [0.29, 0.717) is 36.4 Å². The van der Waals surface area contributed by atoms with E-state index >= 15 is 0 Å². The smallest absolute Gasteiger partial charge is 0.267 e. The first-order chi connectivity index (χ1) is 15.5. The summed E-state index contributed by atoms with van der Waals surface area (Å²) >= 11 is 0. The Morgan fingerprint density at radius 2 is 1.94 bits per heavy atom. The fraction of sp³-hybridized carbons (Fsp3) is 0.500. The maximum absolute atomic E-state index is 13.2. The standard InChI is InChI=1S/C24H33N5O3/c1-4-5-6-7-8-9-12-26-23(30)18-16-19-22(28(20(18)25)14-15-32-3)27-21-17(2)11-10-13-29(21)24(19)31/h10-11,13,16,25H,4-9,12,14-15H2,1-3H3,(H,26,30). The first kappa shape index (κ1) is 23.7. The highest BCUT2D eigenvalue weighted by Crippen LogP contribution is 2.13. The quantitative estimate of drug-likeness (QED) is 0.354. The second kappa shape index (κ2) is 11.0. The van der Waals surface area contributed by atoms with Gasteiger partial charge in [0.25, 0.3) is 11.5 Å². The zero-order valence-electron chi connectivity index (χ0n) is 19.2. The van der Waals surface area contributed by atoms with Gasteiger partial charge in [0.1, 0.15) is 16.8 Å². The molecule has 0 aliphatic carbocycles. The number of nitrogens with one attached hydrogen (secondary N) is 2. The molecule has 3 rings (SSSR count). The number of methoxy groups -OCH3 is 1. The Morgan fingerprint density at radius 3 is 2.69 bits per heavy atom. The first-order valence-corrected chi connectivity index (χ1v) is 11.4. The van der Waals surface area contributed by atoms with Gasteiger partial charge in [-0.25, -0.2) is 4.98 Å². The van der Waals surface area contributed by atoms with Crippen LogP contribution in [0.1, 0.15) is 61.4 Å². The van der Waals surface area contributed by atoms with Crippen LogP contribution in [-0.2, 0) is 11.3 Å². The minimum absolute atomic E-state index is 0.0276. The molecule has 0 atom stereocenters. The van der Waals surface area contributed by atoms with Crippen LogP contribution in [0, 0.1) is 12.3 Å². The average molecular weight is 440 g/mol. The molecule has 172 valence electrons. The van der Waals surface area contributed by atoms with Crippen LogP contribution < -0.4 is 16.4 Å². The molecular weight excluding hydrogens is 406 g/mol. The number of aromatic nitrogens is 3. The molecule has 3 aromatic rings. The topological polar surface area (TPSA) is 101 Å². The zero-order valence-corrected chi connectivity index (χ0v) is 19.2. The third-order valence-electron chi connectivity index (χ3n) is 5.71. The van der Waals surface area contributed by atoms with Crippen molar-refractivity contribution < 1.29 is 9.53 Å². The summed E-state index contributed by atoms with van der Waals surface area (Å²) in [4.78, 5) is 30.8. The molecule has 32 heavy (non-hydrogen) atoms. The van der Waals surface area contributed by atoms with E-state index in [1.54, 1.807) is 23.9 Å². The number of pyridine rings is 2. The van der Waals surface area contributed by atoms with Crippen LogP contribution in [0.15, 0.2) is 29.2 Å². The lowest BCUT2D eigenvalue weighted by atomic mass is 10.1. The number of amides is 1. The largest absolute Gasteiger partial charge is 0.383 e. The van der Waals surface area contributed by atoms with Gasteiger partial charge < -0.3 is 14.6 Å². The summed E-state index contributed by atoms with van der Waals surface area (Å²) in [5, 5.41) is 11.9. The van der Waals surface area contributed by atoms with Gasteiger partial charge in [0, 0.05) is 26.4 Å². The molecule has 3 heterocycles. The molecule has 0 aromatic carbocycles. The van der Waals surface area contributed by atoms with Crippen LogP contribution in [0.5, 0.6) is 0 Å². The van der Waals surface area contributed by atoms with Gasteiger partial charge >= 0.3 is 0 Å². The predicted molar refractivity (Wildman–Crippen MR) is 125 cm³/mol. The molecule has 0 aliphatic heterocycles. The Labute approximate surface area is 187 Å². The number of ether oxygens (including phenoxy) is 1. The molecule has 3 aromatic heterocycles. The van der Waals surface area contributed by atoms with Crippen molar-refractivity contribution in [3.63, 3.8) is 0 Å². The number of carbonyl (C=O) groups excluding carboxylic acids is 1. The van der Waals surface area contributed by atoms with Crippen molar-refractivity contribution in [2.24, 2.45) is 0 Å². The summed E-state index contributed by atoms with van der Waals surface area (Å²) in [7, 11) is 1.57. The number of unbranched alkanes of at least 4 members (excludes halogenated alkanes) is 5. The molecule has 1 amide bonds. The van der Waals surface area contributed by atoms with E-state index in [4.69, 9.17) is 10.1 Å². The van der Waals surface area contributed by atoms with Crippen LogP contribution >= 0.6 is 0 Å². The molecular formula is C24H33N5O3. The number of carbonyl (C=O) groups is 1. The van der Waals surface area contributed by atoms with E-state index in [2.05, 4.69) is 17.2 Å². The van der Waals surface area contributed by atoms with Crippen molar-refractivity contribution in [1.82, 2.24) is 19.3 Å². The Hall–Kier alpha value is -3.00. The summed E-state index contributed by atoms with van der Waals surface area (Å²) < 4.78 is 8.27. The molecule has 8 nitrogen and oxygen atoms in total. The molecule has 2 N–H and O–H groups in total. The van der Waals surface area contributed by atoms with Gasteiger partial charge in [-0.2, -0.15) is 0 Å². The Morgan fingerprint density at radius 1 is 1.19 bits per heavy atom. The van der Waals surface area contributed by atoms with Crippen LogP contribution in [0.3, 0.4) is 0 Å². The molecule has 0 bridgehead atoms. The summed E-state index contributed by atoms with van der Waals surface area (Å²) in [6.07, 6.45) is 8.46. The SMILES string of the molecule is CCCCCCCCNC(=O)c1cc2c(=O)n3cccc(C)c3nc2n(CCOC)c1=N. The van der Waals surface area contributed by atoms with Crippen molar-refractivity contribution >= 4 is 22.6 Å². The summed E-state index contributed by atoms with van der Waals surface area (Å²) in [6.45, 7) is 5.28. The number of rotatable bonds is 11. The maximum atomic E-state index is 13.2. The lowest BCUT2D eigenvalue weighted by Crippen LogP contribution is -2.36. The lowest BCUT2D eigenvalue weighted by molar-refractivity contribution is 0.0950. The number of hydrogen-bond acceptors (Lipinski definition) is 5. The molecule has 8 heteroatoms. The molecule has 0 radical (unpaired) electrons. The number of nitrogens with zero attached hydrogens (tertiary/aromatic N) is 3. The van der Waals surface area contributed by atoms with Crippen LogP contribution in [0.2, 0.25) is 0 Å². The zero-order chi connectivity index (χ0) is 23.1. The van der Waals surface area contributed by atoms with E-state index in [0.717, 1.165) is 24.8 Å². The molecule has 0 saturated carbocycles. The predicted octanol–water partition coefficient (Wildman–Crippen LogP) is 3.17. The highest BCUT2D eigenvalue weighted by atomic mass is 16.5. The van der Waals surface area contributed by atoms with Crippen molar-refractivity contribution in [1.29, 1.82) is 5.41 Å². The molecule has 0 unspecified atom stereocenters. The molecule has 0 fully saturated rings. The van der Waals surface area contributed by atoms with Gasteiger partial charge in [-0.1, -0.05) is 45.1 Å². The second-order valence-electron chi connectivity index (χ2n) is 8.11. The fourth-order valence-electron chi connectivity index (χ4n) is 3.87. The Bertz CT molecular complexity index is 1210. The molecule has 0 aliphatic rings.